The summed E-state index contributed by atoms with van der Waals surface area (Å²) in [6, 6.07) is 0.524. The minimum atomic E-state index is 0.112. The normalized spacial score (nSPS) is 24.9. The lowest BCUT2D eigenvalue weighted by atomic mass is 9.75. The molecule has 0 aromatic rings. The Balaban J connectivity index is 2.24. The van der Waals surface area contributed by atoms with Crippen LogP contribution in [0.15, 0.2) is 0 Å². The van der Waals surface area contributed by atoms with Crippen molar-refractivity contribution in [3.05, 3.63) is 0 Å². The van der Waals surface area contributed by atoms with E-state index in [0.29, 0.717) is 18.0 Å². The summed E-state index contributed by atoms with van der Waals surface area (Å²) >= 11 is 0. The van der Waals surface area contributed by atoms with Crippen LogP contribution in [0.4, 0.5) is 0 Å². The molecule has 0 aromatic heterocycles. The Morgan fingerprint density at radius 1 is 1.47 bits per heavy atom. The zero-order valence-electron chi connectivity index (χ0n) is 10.2. The molecule has 0 heterocycles. The highest BCUT2D eigenvalue weighted by atomic mass is 16.1. The smallest absolute Gasteiger partial charge is 0.233 e. The van der Waals surface area contributed by atoms with E-state index in [1.54, 1.807) is 0 Å². The summed E-state index contributed by atoms with van der Waals surface area (Å²) in [4.78, 5) is 11.3. The van der Waals surface area contributed by atoms with Crippen LogP contribution in [0.2, 0.25) is 0 Å². The number of amides is 1. The fourth-order valence-corrected chi connectivity index (χ4v) is 2.37. The van der Waals surface area contributed by atoms with E-state index in [0.717, 1.165) is 6.54 Å². The van der Waals surface area contributed by atoms with Gasteiger partial charge in [0.15, 0.2) is 0 Å². The number of hydrogen-bond acceptors (Lipinski definition) is 2. The maximum atomic E-state index is 11.3. The van der Waals surface area contributed by atoms with E-state index in [1.165, 1.54) is 25.7 Å². The van der Waals surface area contributed by atoms with Gasteiger partial charge in [-0.15, -0.1) is 0 Å². The molecular formula is C12H24N2O. The molecule has 0 saturated heterocycles. The Morgan fingerprint density at radius 2 is 2.20 bits per heavy atom. The summed E-state index contributed by atoms with van der Waals surface area (Å²) in [7, 11) is 0. The molecule has 15 heavy (non-hydrogen) atoms. The van der Waals surface area contributed by atoms with E-state index in [2.05, 4.69) is 24.5 Å². The molecule has 2 N–H and O–H groups in total. The van der Waals surface area contributed by atoms with Crippen LogP contribution < -0.4 is 10.6 Å². The van der Waals surface area contributed by atoms with E-state index in [4.69, 9.17) is 0 Å². The molecule has 1 rings (SSSR count). The minimum absolute atomic E-state index is 0.112. The van der Waals surface area contributed by atoms with Crippen molar-refractivity contribution in [2.75, 3.05) is 13.1 Å². The molecule has 0 bridgehead atoms. The lowest BCUT2D eigenvalue weighted by Gasteiger charge is -2.35. The second-order valence-electron chi connectivity index (χ2n) is 5.29. The van der Waals surface area contributed by atoms with Gasteiger partial charge in [0.2, 0.25) is 5.91 Å². The lowest BCUT2D eigenvalue weighted by Crippen LogP contribution is -2.42. The van der Waals surface area contributed by atoms with Crippen LogP contribution in [0.1, 0.15) is 46.5 Å². The molecule has 0 aromatic carbocycles. The molecule has 1 saturated carbocycles. The molecule has 3 heteroatoms. The van der Waals surface area contributed by atoms with E-state index >= 15 is 0 Å². The predicted molar refractivity (Wildman–Crippen MR) is 62.7 cm³/mol. The van der Waals surface area contributed by atoms with Crippen LogP contribution in [-0.4, -0.2) is 25.0 Å². The molecule has 0 radical (unpaired) electrons. The molecule has 1 aliphatic carbocycles. The summed E-state index contributed by atoms with van der Waals surface area (Å²) in [6.45, 7) is 7.76. The quantitative estimate of drug-likeness (QED) is 0.744. The summed E-state index contributed by atoms with van der Waals surface area (Å²) in [5, 5.41) is 6.15. The number of rotatable bonds is 4. The maximum absolute atomic E-state index is 11.3. The number of hydrogen-bond donors (Lipinski definition) is 2. The van der Waals surface area contributed by atoms with Crippen molar-refractivity contribution < 1.29 is 4.79 Å². The molecule has 1 amide bonds. The molecule has 88 valence electrons. The van der Waals surface area contributed by atoms with Crippen molar-refractivity contribution in [3.8, 4) is 0 Å². The fourth-order valence-electron chi connectivity index (χ4n) is 2.37. The zero-order valence-corrected chi connectivity index (χ0v) is 10.2. The molecule has 1 fully saturated rings. The number of carbonyl (C=O) groups excluding carboxylic acids is 1. The largest absolute Gasteiger partial charge is 0.355 e. The molecule has 1 unspecified atom stereocenters. The van der Waals surface area contributed by atoms with E-state index in [-0.39, 0.29) is 5.91 Å². The standard InChI is InChI=1S/C12H24N2O/c1-4-13-11(15)9-14-10-6-5-7-12(2,3)8-10/h10,14H,4-9H2,1-3H3,(H,13,15). The summed E-state index contributed by atoms with van der Waals surface area (Å²) in [6.07, 6.45) is 4.99. The number of nitrogens with one attached hydrogen (secondary N) is 2. The van der Waals surface area contributed by atoms with Crippen molar-refractivity contribution >= 4 is 5.91 Å². The van der Waals surface area contributed by atoms with Crippen molar-refractivity contribution in [3.63, 3.8) is 0 Å². The van der Waals surface area contributed by atoms with Gasteiger partial charge in [0.1, 0.15) is 0 Å². The highest BCUT2D eigenvalue weighted by Crippen LogP contribution is 2.34. The Bertz CT molecular complexity index is 214. The van der Waals surface area contributed by atoms with Gasteiger partial charge in [-0.1, -0.05) is 20.3 Å². The molecule has 0 aliphatic heterocycles. The van der Waals surface area contributed by atoms with Gasteiger partial charge in [0.25, 0.3) is 0 Å². The van der Waals surface area contributed by atoms with Gasteiger partial charge in [-0.25, -0.2) is 0 Å². The fraction of sp³-hybridized carbons (Fsp3) is 0.917. The molecule has 3 nitrogen and oxygen atoms in total. The van der Waals surface area contributed by atoms with Crippen molar-refractivity contribution in [1.29, 1.82) is 0 Å². The molecule has 1 atom stereocenters. The second-order valence-corrected chi connectivity index (χ2v) is 5.29. The van der Waals surface area contributed by atoms with Gasteiger partial charge in [-0.3, -0.25) is 4.79 Å². The van der Waals surface area contributed by atoms with Crippen LogP contribution in [0.5, 0.6) is 0 Å². The Hall–Kier alpha value is -0.570. The topological polar surface area (TPSA) is 41.1 Å². The Morgan fingerprint density at radius 3 is 2.80 bits per heavy atom. The molecule has 0 spiro atoms. The van der Waals surface area contributed by atoms with Crippen LogP contribution in [0.3, 0.4) is 0 Å². The maximum Gasteiger partial charge on any atom is 0.233 e. The van der Waals surface area contributed by atoms with Gasteiger partial charge in [-0.2, -0.15) is 0 Å². The first-order valence-electron chi connectivity index (χ1n) is 6.03. The van der Waals surface area contributed by atoms with E-state index in [9.17, 15) is 4.79 Å². The average molecular weight is 212 g/mol. The van der Waals surface area contributed by atoms with Crippen molar-refractivity contribution in [2.45, 2.75) is 52.5 Å². The van der Waals surface area contributed by atoms with Crippen molar-refractivity contribution in [2.24, 2.45) is 5.41 Å². The number of likely N-dealkylation sites (N-methyl/N-ethyl adjacent to an activating group) is 1. The van der Waals surface area contributed by atoms with Gasteiger partial charge in [0, 0.05) is 12.6 Å². The monoisotopic (exact) mass is 212 g/mol. The first kappa shape index (κ1) is 12.5. The van der Waals surface area contributed by atoms with Gasteiger partial charge >= 0.3 is 0 Å². The number of carbonyl (C=O) groups is 1. The van der Waals surface area contributed by atoms with Gasteiger partial charge in [0.05, 0.1) is 6.54 Å². The van der Waals surface area contributed by atoms with Gasteiger partial charge in [-0.05, 0) is 31.6 Å². The summed E-state index contributed by atoms with van der Waals surface area (Å²) in [5.74, 6) is 0.112. The third-order valence-electron chi connectivity index (χ3n) is 3.13. The van der Waals surface area contributed by atoms with Crippen LogP contribution in [0, 0.1) is 5.41 Å². The SMILES string of the molecule is CCNC(=O)CNC1CCCC(C)(C)C1. The first-order valence-corrected chi connectivity index (χ1v) is 6.03. The van der Waals surface area contributed by atoms with E-state index in [1.807, 2.05) is 6.92 Å². The highest BCUT2D eigenvalue weighted by Gasteiger charge is 2.27. The van der Waals surface area contributed by atoms with Crippen LogP contribution in [-0.2, 0) is 4.79 Å². The Labute approximate surface area is 93.0 Å². The molecule has 1 aliphatic rings. The third-order valence-corrected chi connectivity index (χ3v) is 3.13. The summed E-state index contributed by atoms with van der Waals surface area (Å²) in [5.41, 5.74) is 0.442. The van der Waals surface area contributed by atoms with Gasteiger partial charge < -0.3 is 10.6 Å². The Kier molecular flexibility index (Phi) is 4.58. The average Bonchev–Trinajstić information content (AvgIpc) is 2.14. The zero-order chi connectivity index (χ0) is 11.3. The first-order chi connectivity index (χ1) is 7.03. The second kappa shape index (κ2) is 5.50. The lowest BCUT2D eigenvalue weighted by molar-refractivity contribution is -0.120. The minimum Gasteiger partial charge on any atom is -0.355 e. The predicted octanol–water partition coefficient (Wildman–Crippen LogP) is 1.68. The van der Waals surface area contributed by atoms with Crippen LogP contribution >= 0.6 is 0 Å². The van der Waals surface area contributed by atoms with Crippen LogP contribution in [0.25, 0.3) is 0 Å². The molecular weight excluding hydrogens is 188 g/mol. The summed E-state index contributed by atoms with van der Waals surface area (Å²) < 4.78 is 0. The highest BCUT2D eigenvalue weighted by molar-refractivity contribution is 5.77. The third kappa shape index (κ3) is 4.65. The van der Waals surface area contributed by atoms with E-state index < -0.39 is 0 Å². The van der Waals surface area contributed by atoms with Crippen molar-refractivity contribution in [1.82, 2.24) is 10.6 Å².